The van der Waals surface area contributed by atoms with E-state index in [2.05, 4.69) is 57.0 Å². The second-order valence-electron chi connectivity index (χ2n) is 7.53. The maximum Gasteiger partial charge on any atom is 0.133 e. The lowest BCUT2D eigenvalue weighted by Crippen LogP contribution is -2.61. The van der Waals surface area contributed by atoms with Crippen molar-refractivity contribution in [2.75, 3.05) is 13.1 Å². The largest absolute Gasteiger partial charge is 0.357 e. The van der Waals surface area contributed by atoms with Crippen LogP contribution in [0.2, 0.25) is 0 Å². The zero-order chi connectivity index (χ0) is 16.5. The predicted molar refractivity (Wildman–Crippen MR) is 99.3 cm³/mol. The molecule has 1 aromatic carbocycles. The number of aldehydes is 1. The number of rotatable bonds is 2. The third kappa shape index (κ3) is 1.79. The molecule has 4 aliphatic rings. The van der Waals surface area contributed by atoms with E-state index in [1.165, 1.54) is 28.5 Å². The van der Waals surface area contributed by atoms with Crippen LogP contribution in [-0.4, -0.2) is 35.3 Å². The molecule has 4 heterocycles. The highest BCUT2D eigenvalue weighted by atomic mass is 79.9. The number of carbonyl (C=O) groups excluding carboxylic acids is 1. The second kappa shape index (κ2) is 5.06. The number of hydrogen-bond acceptors (Lipinski definition) is 2. The normalized spacial score (nSPS) is 33.9. The third-order valence-electron chi connectivity index (χ3n) is 6.32. The SMILES string of the molecule is CCC1=CC2CN3CCc4c([nH]c5ccc(Br)cc45)C(C=O)(C2)C13. The number of carbonyl (C=O) groups is 1. The molecule has 4 bridgehead atoms. The van der Waals surface area contributed by atoms with Crippen molar-refractivity contribution in [1.82, 2.24) is 9.88 Å². The smallest absolute Gasteiger partial charge is 0.133 e. The molecular formula is C20H21BrN2O. The molecule has 3 aliphatic heterocycles. The molecule has 4 atom stereocenters. The third-order valence-corrected chi connectivity index (χ3v) is 6.82. The van der Waals surface area contributed by atoms with E-state index in [-0.39, 0.29) is 6.04 Å². The summed E-state index contributed by atoms with van der Waals surface area (Å²) in [7, 11) is 0. The fraction of sp³-hybridized carbons (Fsp3) is 0.450. The van der Waals surface area contributed by atoms with Crippen molar-refractivity contribution in [3.63, 3.8) is 0 Å². The Balaban J connectivity index is 1.81. The number of aromatic nitrogens is 1. The van der Waals surface area contributed by atoms with Gasteiger partial charge < -0.3 is 9.78 Å². The molecular weight excluding hydrogens is 364 g/mol. The van der Waals surface area contributed by atoms with Crippen LogP contribution in [0.5, 0.6) is 0 Å². The maximum atomic E-state index is 12.5. The molecule has 0 radical (unpaired) electrons. The molecule has 6 rings (SSSR count). The average molecular weight is 385 g/mol. The molecule has 2 aromatic rings. The van der Waals surface area contributed by atoms with Crippen LogP contribution < -0.4 is 0 Å². The summed E-state index contributed by atoms with van der Waals surface area (Å²) in [6.07, 6.45) is 6.71. The van der Waals surface area contributed by atoms with Gasteiger partial charge in [-0.2, -0.15) is 0 Å². The molecule has 0 spiro atoms. The minimum Gasteiger partial charge on any atom is -0.357 e. The first-order valence-electron chi connectivity index (χ1n) is 8.88. The molecule has 1 N–H and O–H groups in total. The van der Waals surface area contributed by atoms with E-state index in [9.17, 15) is 4.79 Å². The first-order chi connectivity index (χ1) is 11.7. The number of nitrogens with one attached hydrogen (secondary N) is 1. The predicted octanol–water partition coefficient (Wildman–Crippen LogP) is 3.96. The number of aromatic amines is 1. The Bertz CT molecular complexity index is 883. The monoisotopic (exact) mass is 384 g/mol. The van der Waals surface area contributed by atoms with Crippen molar-refractivity contribution < 1.29 is 4.79 Å². The van der Waals surface area contributed by atoms with E-state index in [1.54, 1.807) is 0 Å². The lowest BCUT2D eigenvalue weighted by Gasteiger charge is -2.53. The van der Waals surface area contributed by atoms with Gasteiger partial charge in [-0.15, -0.1) is 0 Å². The number of nitrogens with zero attached hydrogens (tertiary/aromatic N) is 1. The van der Waals surface area contributed by atoms with Crippen LogP contribution in [0.15, 0.2) is 34.3 Å². The molecule has 1 aliphatic carbocycles. The number of benzene rings is 1. The molecule has 24 heavy (non-hydrogen) atoms. The van der Waals surface area contributed by atoms with Crippen LogP contribution in [0.3, 0.4) is 0 Å². The molecule has 1 fully saturated rings. The van der Waals surface area contributed by atoms with Gasteiger partial charge in [0.15, 0.2) is 0 Å². The Hall–Kier alpha value is -1.39. The van der Waals surface area contributed by atoms with Crippen molar-refractivity contribution in [1.29, 1.82) is 0 Å². The van der Waals surface area contributed by atoms with Crippen LogP contribution >= 0.6 is 15.9 Å². The zero-order valence-corrected chi connectivity index (χ0v) is 15.4. The van der Waals surface area contributed by atoms with Gasteiger partial charge in [0.25, 0.3) is 0 Å². The Kier molecular flexibility index (Phi) is 3.14. The van der Waals surface area contributed by atoms with Gasteiger partial charge in [-0.05, 0) is 48.9 Å². The first kappa shape index (κ1) is 14.9. The van der Waals surface area contributed by atoms with Crippen molar-refractivity contribution in [3.8, 4) is 0 Å². The van der Waals surface area contributed by atoms with Gasteiger partial charge >= 0.3 is 0 Å². The van der Waals surface area contributed by atoms with Gasteiger partial charge in [0.2, 0.25) is 0 Å². The molecule has 4 heteroatoms. The van der Waals surface area contributed by atoms with Gasteiger partial charge in [0, 0.05) is 40.2 Å². The average Bonchev–Trinajstić information content (AvgIpc) is 2.93. The minimum atomic E-state index is -0.402. The van der Waals surface area contributed by atoms with Gasteiger partial charge in [-0.25, -0.2) is 0 Å². The second-order valence-corrected chi connectivity index (χ2v) is 8.45. The van der Waals surface area contributed by atoms with Crippen LogP contribution in [0.1, 0.15) is 31.0 Å². The molecule has 3 nitrogen and oxygen atoms in total. The van der Waals surface area contributed by atoms with Crippen LogP contribution in [0.25, 0.3) is 10.9 Å². The summed E-state index contributed by atoms with van der Waals surface area (Å²) in [5, 5.41) is 1.27. The fourth-order valence-corrected chi connectivity index (χ4v) is 5.85. The van der Waals surface area contributed by atoms with Crippen molar-refractivity contribution in [2.45, 2.75) is 37.6 Å². The Labute approximate surface area is 150 Å². The number of hydrogen-bond donors (Lipinski definition) is 1. The Morgan fingerprint density at radius 2 is 2.33 bits per heavy atom. The summed E-state index contributed by atoms with van der Waals surface area (Å²) >= 11 is 3.60. The Morgan fingerprint density at radius 1 is 1.46 bits per heavy atom. The van der Waals surface area contributed by atoms with Crippen LogP contribution in [-0.2, 0) is 16.6 Å². The highest BCUT2D eigenvalue weighted by Crippen LogP contribution is 2.51. The van der Waals surface area contributed by atoms with Gasteiger partial charge in [0.1, 0.15) is 6.29 Å². The van der Waals surface area contributed by atoms with E-state index in [4.69, 9.17) is 0 Å². The number of halogens is 1. The maximum absolute atomic E-state index is 12.5. The molecule has 124 valence electrons. The standard InChI is InChI=1S/C20H21BrN2O/c1-2-13-7-12-9-20(11-24)18-15(5-6-23(10-12)19(13)20)16-8-14(21)3-4-17(16)22-18/h3-4,7-8,11-12,19,22H,2,5-6,9-10H2,1H3. The van der Waals surface area contributed by atoms with Crippen LogP contribution in [0.4, 0.5) is 0 Å². The summed E-state index contributed by atoms with van der Waals surface area (Å²) in [6, 6.07) is 6.63. The van der Waals surface area contributed by atoms with E-state index >= 15 is 0 Å². The lowest BCUT2D eigenvalue weighted by molar-refractivity contribution is -0.117. The van der Waals surface area contributed by atoms with Gasteiger partial charge in [0.05, 0.1) is 5.41 Å². The quantitative estimate of drug-likeness (QED) is 0.628. The molecule has 0 amide bonds. The van der Waals surface area contributed by atoms with E-state index < -0.39 is 5.41 Å². The number of fused-ring (bicyclic) bond motifs is 3. The topological polar surface area (TPSA) is 36.1 Å². The summed E-state index contributed by atoms with van der Waals surface area (Å²) in [4.78, 5) is 18.7. The van der Waals surface area contributed by atoms with E-state index in [0.717, 1.165) is 42.3 Å². The lowest BCUT2D eigenvalue weighted by atomic mass is 9.61. The number of H-pyrrole nitrogens is 1. The molecule has 1 aromatic heterocycles. The summed E-state index contributed by atoms with van der Waals surface area (Å²) in [6.45, 7) is 4.37. The summed E-state index contributed by atoms with van der Waals surface area (Å²) in [5.41, 5.74) is 4.74. The van der Waals surface area contributed by atoms with E-state index in [0.29, 0.717) is 5.92 Å². The van der Waals surface area contributed by atoms with Gasteiger partial charge in [-0.1, -0.05) is 34.5 Å². The molecule has 1 saturated heterocycles. The summed E-state index contributed by atoms with van der Waals surface area (Å²) < 4.78 is 1.10. The minimum absolute atomic E-state index is 0.239. The van der Waals surface area contributed by atoms with Crippen molar-refractivity contribution in [3.05, 3.63) is 45.6 Å². The summed E-state index contributed by atoms with van der Waals surface area (Å²) in [5.74, 6) is 0.499. The Morgan fingerprint density at radius 3 is 3.12 bits per heavy atom. The zero-order valence-electron chi connectivity index (χ0n) is 13.8. The van der Waals surface area contributed by atoms with Crippen molar-refractivity contribution >= 4 is 33.1 Å². The fourth-order valence-electron chi connectivity index (χ4n) is 5.49. The number of piperidine rings is 1. The highest BCUT2D eigenvalue weighted by Gasteiger charge is 2.55. The van der Waals surface area contributed by atoms with Crippen molar-refractivity contribution in [2.24, 2.45) is 5.92 Å². The van der Waals surface area contributed by atoms with Crippen LogP contribution in [0, 0.1) is 5.92 Å². The van der Waals surface area contributed by atoms with Gasteiger partial charge in [-0.3, -0.25) is 4.90 Å². The molecule has 0 saturated carbocycles. The highest BCUT2D eigenvalue weighted by molar-refractivity contribution is 9.10. The molecule has 4 unspecified atom stereocenters. The first-order valence-corrected chi connectivity index (χ1v) is 9.67. The van der Waals surface area contributed by atoms with E-state index in [1.807, 2.05) is 0 Å².